The second-order valence-electron chi connectivity index (χ2n) is 4.40. The number of hydrogen-bond acceptors (Lipinski definition) is 5. The highest BCUT2D eigenvalue weighted by atomic mass is 16.6. The molecule has 0 aromatic carbocycles. The minimum atomic E-state index is -0.526. The molecule has 17 heavy (non-hydrogen) atoms. The Kier molecular flexibility index (Phi) is 3.75. The average Bonchev–Trinajstić information content (AvgIpc) is 2.89. The van der Waals surface area contributed by atoms with E-state index in [4.69, 9.17) is 9.52 Å². The molecule has 1 N–H and O–H groups in total. The maximum atomic E-state index is 10.5. The first-order valence-corrected chi connectivity index (χ1v) is 5.75. The number of furan rings is 1. The molecule has 1 fully saturated rings. The molecule has 1 unspecified atom stereocenters. The molecule has 6 heteroatoms. The van der Waals surface area contributed by atoms with E-state index in [1.54, 1.807) is 6.07 Å². The predicted molar refractivity (Wildman–Crippen MR) is 60.4 cm³/mol. The van der Waals surface area contributed by atoms with Gasteiger partial charge in [-0.3, -0.25) is 15.0 Å². The lowest BCUT2D eigenvalue weighted by molar-refractivity contribution is -0.402. The molecule has 1 saturated heterocycles. The van der Waals surface area contributed by atoms with E-state index in [9.17, 15) is 10.1 Å². The van der Waals surface area contributed by atoms with Crippen LogP contribution in [0.15, 0.2) is 16.5 Å². The lowest BCUT2D eigenvalue weighted by Gasteiger charge is -2.13. The fourth-order valence-corrected chi connectivity index (χ4v) is 2.24. The first kappa shape index (κ1) is 12.1. The molecule has 0 amide bonds. The number of nitrogens with zero attached hydrogens (tertiary/aromatic N) is 2. The van der Waals surface area contributed by atoms with Crippen LogP contribution < -0.4 is 0 Å². The van der Waals surface area contributed by atoms with Crippen LogP contribution in [-0.4, -0.2) is 34.6 Å². The Morgan fingerprint density at radius 3 is 3.06 bits per heavy atom. The van der Waals surface area contributed by atoms with Gasteiger partial charge in [-0.05, 0) is 31.4 Å². The highest BCUT2D eigenvalue weighted by Gasteiger charge is 2.23. The van der Waals surface area contributed by atoms with Crippen molar-refractivity contribution in [1.82, 2.24) is 4.90 Å². The van der Waals surface area contributed by atoms with E-state index in [2.05, 4.69) is 4.90 Å². The standard InChI is InChI=1S/C11H16N2O4/c14-6-4-9-3-5-12(7-9)8-10-1-2-11(17-10)13(15)16/h1-2,9,14H,3-8H2. The fraction of sp³-hybridized carbons (Fsp3) is 0.636. The third-order valence-corrected chi connectivity index (χ3v) is 3.11. The van der Waals surface area contributed by atoms with Crippen molar-refractivity contribution >= 4 is 5.88 Å². The summed E-state index contributed by atoms with van der Waals surface area (Å²) in [6.45, 7) is 2.72. The Balaban J connectivity index is 1.87. The van der Waals surface area contributed by atoms with Gasteiger partial charge in [0.2, 0.25) is 0 Å². The quantitative estimate of drug-likeness (QED) is 0.621. The molecule has 1 aromatic rings. The highest BCUT2D eigenvalue weighted by Crippen LogP contribution is 2.23. The van der Waals surface area contributed by atoms with Gasteiger partial charge in [-0.2, -0.15) is 0 Å². The topological polar surface area (TPSA) is 79.8 Å². The van der Waals surface area contributed by atoms with Crippen LogP contribution in [0.4, 0.5) is 5.88 Å². The fourth-order valence-electron chi connectivity index (χ4n) is 2.24. The molecule has 94 valence electrons. The van der Waals surface area contributed by atoms with Crippen molar-refractivity contribution in [2.75, 3.05) is 19.7 Å². The summed E-state index contributed by atoms with van der Waals surface area (Å²) >= 11 is 0. The van der Waals surface area contributed by atoms with Crippen molar-refractivity contribution < 1.29 is 14.4 Å². The number of nitro groups is 1. The van der Waals surface area contributed by atoms with Crippen LogP contribution in [-0.2, 0) is 6.54 Å². The normalized spacial score (nSPS) is 20.9. The van der Waals surface area contributed by atoms with E-state index in [1.165, 1.54) is 6.07 Å². The van der Waals surface area contributed by atoms with Crippen molar-refractivity contribution in [3.8, 4) is 0 Å². The van der Waals surface area contributed by atoms with Gasteiger partial charge >= 0.3 is 5.88 Å². The molecule has 2 rings (SSSR count). The van der Waals surface area contributed by atoms with Crippen molar-refractivity contribution in [3.05, 3.63) is 28.0 Å². The van der Waals surface area contributed by atoms with Gasteiger partial charge in [0.25, 0.3) is 0 Å². The van der Waals surface area contributed by atoms with Crippen molar-refractivity contribution in [2.45, 2.75) is 19.4 Å². The summed E-state index contributed by atoms with van der Waals surface area (Å²) in [7, 11) is 0. The molecule has 1 atom stereocenters. The lowest BCUT2D eigenvalue weighted by atomic mass is 10.1. The Morgan fingerprint density at radius 2 is 2.41 bits per heavy atom. The zero-order chi connectivity index (χ0) is 12.3. The van der Waals surface area contributed by atoms with Gasteiger partial charge in [-0.15, -0.1) is 0 Å². The van der Waals surface area contributed by atoms with E-state index in [-0.39, 0.29) is 12.5 Å². The van der Waals surface area contributed by atoms with Crippen LogP contribution in [0.25, 0.3) is 0 Å². The van der Waals surface area contributed by atoms with E-state index in [0.29, 0.717) is 18.2 Å². The van der Waals surface area contributed by atoms with Crippen molar-refractivity contribution in [3.63, 3.8) is 0 Å². The van der Waals surface area contributed by atoms with Crippen LogP contribution in [0.1, 0.15) is 18.6 Å². The first-order valence-electron chi connectivity index (χ1n) is 5.75. The van der Waals surface area contributed by atoms with E-state index in [0.717, 1.165) is 25.9 Å². The third-order valence-electron chi connectivity index (χ3n) is 3.11. The molecule has 1 aliphatic heterocycles. The van der Waals surface area contributed by atoms with Gasteiger partial charge in [0.1, 0.15) is 10.7 Å². The van der Waals surface area contributed by atoms with Crippen LogP contribution in [0.3, 0.4) is 0 Å². The summed E-state index contributed by atoms with van der Waals surface area (Å²) in [5.74, 6) is 0.956. The number of rotatable bonds is 5. The van der Waals surface area contributed by atoms with Crippen molar-refractivity contribution in [2.24, 2.45) is 5.92 Å². The largest absolute Gasteiger partial charge is 0.433 e. The van der Waals surface area contributed by atoms with E-state index < -0.39 is 4.92 Å². The average molecular weight is 240 g/mol. The first-order chi connectivity index (χ1) is 8.19. The van der Waals surface area contributed by atoms with Crippen molar-refractivity contribution in [1.29, 1.82) is 0 Å². The molecule has 2 heterocycles. The number of likely N-dealkylation sites (tertiary alicyclic amines) is 1. The van der Waals surface area contributed by atoms with Crippen LogP contribution in [0.5, 0.6) is 0 Å². The summed E-state index contributed by atoms with van der Waals surface area (Å²) in [6, 6.07) is 3.04. The van der Waals surface area contributed by atoms with Gasteiger partial charge < -0.3 is 9.52 Å². The van der Waals surface area contributed by atoms with Gasteiger partial charge in [0.15, 0.2) is 0 Å². The molecule has 0 saturated carbocycles. The molecule has 0 radical (unpaired) electrons. The Labute approximate surface area is 99.0 Å². The Bertz CT molecular complexity index is 391. The molecule has 0 spiro atoms. The van der Waals surface area contributed by atoms with Gasteiger partial charge in [0.05, 0.1) is 12.6 Å². The Hall–Kier alpha value is -1.40. The maximum absolute atomic E-state index is 10.5. The zero-order valence-electron chi connectivity index (χ0n) is 9.54. The summed E-state index contributed by atoms with van der Waals surface area (Å²) in [5.41, 5.74) is 0. The van der Waals surface area contributed by atoms with E-state index in [1.807, 2.05) is 0 Å². The van der Waals surface area contributed by atoms with Crippen LogP contribution in [0.2, 0.25) is 0 Å². The second-order valence-corrected chi connectivity index (χ2v) is 4.40. The van der Waals surface area contributed by atoms with Crippen LogP contribution >= 0.6 is 0 Å². The summed E-state index contributed by atoms with van der Waals surface area (Å²) in [6.07, 6.45) is 1.90. The SMILES string of the molecule is O=[N+]([O-])c1ccc(CN2CCC(CCO)C2)o1. The molecule has 0 bridgehead atoms. The molecule has 1 aliphatic rings. The minimum absolute atomic E-state index is 0.203. The number of aliphatic hydroxyl groups excluding tert-OH is 1. The van der Waals surface area contributed by atoms with Gasteiger partial charge in [-0.25, -0.2) is 0 Å². The minimum Gasteiger partial charge on any atom is -0.404 e. The molecular formula is C11H16N2O4. The predicted octanol–water partition coefficient (Wildman–Crippen LogP) is 1.39. The van der Waals surface area contributed by atoms with E-state index >= 15 is 0 Å². The molecule has 0 aliphatic carbocycles. The zero-order valence-corrected chi connectivity index (χ0v) is 9.54. The molecule has 6 nitrogen and oxygen atoms in total. The number of aliphatic hydroxyl groups is 1. The van der Waals surface area contributed by atoms with Gasteiger partial charge in [-0.1, -0.05) is 0 Å². The number of hydrogen-bond donors (Lipinski definition) is 1. The third kappa shape index (κ3) is 3.04. The molecule has 1 aromatic heterocycles. The summed E-state index contributed by atoms with van der Waals surface area (Å²) in [4.78, 5) is 12.1. The second kappa shape index (κ2) is 5.29. The molecular weight excluding hydrogens is 224 g/mol. The highest BCUT2D eigenvalue weighted by molar-refractivity contribution is 5.17. The van der Waals surface area contributed by atoms with Gasteiger partial charge in [0, 0.05) is 13.2 Å². The maximum Gasteiger partial charge on any atom is 0.433 e. The smallest absolute Gasteiger partial charge is 0.404 e. The summed E-state index contributed by atoms with van der Waals surface area (Å²) in [5, 5.41) is 19.3. The Morgan fingerprint density at radius 1 is 1.59 bits per heavy atom. The monoisotopic (exact) mass is 240 g/mol. The lowest BCUT2D eigenvalue weighted by Crippen LogP contribution is -2.20. The van der Waals surface area contributed by atoms with Crippen LogP contribution in [0, 0.1) is 16.0 Å². The summed E-state index contributed by atoms with van der Waals surface area (Å²) < 4.78 is 5.11.